The highest BCUT2D eigenvalue weighted by Crippen LogP contribution is 2.17. The van der Waals surface area contributed by atoms with Crippen LogP contribution in [0.3, 0.4) is 0 Å². The molecule has 18 nitrogen and oxygen atoms in total. The van der Waals surface area contributed by atoms with E-state index in [9.17, 15) is 33.6 Å². The molecule has 6 aromatic rings. The molecule has 71 heavy (non-hydrogen) atoms. The Kier molecular flexibility index (Phi) is 20.3. The van der Waals surface area contributed by atoms with Gasteiger partial charge < -0.3 is 34.9 Å². The Balaban J connectivity index is 1.05. The van der Waals surface area contributed by atoms with Crippen molar-refractivity contribution in [3.63, 3.8) is 0 Å². The Morgan fingerprint density at radius 2 is 1.00 bits per heavy atom. The summed E-state index contributed by atoms with van der Waals surface area (Å²) in [7, 11) is 0. The number of aromatic nitrogens is 1. The van der Waals surface area contributed by atoms with Crippen LogP contribution in [0.2, 0.25) is 0 Å². The molecule has 0 unspecified atom stereocenters. The third-order valence-corrected chi connectivity index (χ3v) is 10.8. The fourth-order valence-corrected chi connectivity index (χ4v) is 7.17. The zero-order valence-corrected chi connectivity index (χ0v) is 39.1. The molecule has 0 fully saturated rings. The predicted molar refractivity (Wildman–Crippen MR) is 262 cm³/mol. The number of alkyl carbamates (subject to hydrolysis) is 2. The van der Waals surface area contributed by atoms with E-state index in [2.05, 4.69) is 36.6 Å². The summed E-state index contributed by atoms with van der Waals surface area (Å²) in [4.78, 5) is 101. The molecule has 0 saturated carbocycles. The van der Waals surface area contributed by atoms with Gasteiger partial charge in [0.2, 0.25) is 23.7 Å². The standard InChI is InChI=1S/C52H51N7O11S/c60-44(26-27-53-49(58-51(65)69-33-39-22-12-4-13-23-39)59-52(66)70-34-40-24-14-5-15-25-40)57-50-54-41(35-71-50)29-45(61)55-42(30-46(62)67-31-37-18-8-2-9-19-37)47(63)56-43(28-36-16-6-1-7-17-36)48(64)68-32-38-20-10-3-11-21-38/h1-25,35,42-43H,26-34H2,(H,55,61)(H,56,63)(H,54,57,60)(H2,53,58,59,65,66)/t42-,43-/m0/s1. The summed E-state index contributed by atoms with van der Waals surface area (Å²) in [5.74, 6) is -3.88. The van der Waals surface area contributed by atoms with Crippen molar-refractivity contribution in [1.82, 2.24) is 26.3 Å². The van der Waals surface area contributed by atoms with Crippen molar-refractivity contribution in [3.8, 4) is 0 Å². The van der Waals surface area contributed by atoms with E-state index < -0.39 is 60.4 Å². The highest BCUT2D eigenvalue weighted by molar-refractivity contribution is 7.13. The molecule has 0 radical (unpaired) electrons. The molecule has 6 rings (SSSR count). The highest BCUT2D eigenvalue weighted by Gasteiger charge is 2.30. The smallest absolute Gasteiger partial charge is 0.414 e. The minimum absolute atomic E-state index is 0.0471. The van der Waals surface area contributed by atoms with Crippen LogP contribution in [0.4, 0.5) is 14.7 Å². The maximum atomic E-state index is 14.0. The zero-order valence-electron chi connectivity index (χ0n) is 38.3. The van der Waals surface area contributed by atoms with Crippen LogP contribution in [0.15, 0.2) is 162 Å². The number of carbonyl (C=O) groups is 7. The minimum atomic E-state index is -1.48. The average molecular weight is 982 g/mol. The van der Waals surface area contributed by atoms with Gasteiger partial charge in [0.25, 0.3) is 0 Å². The lowest BCUT2D eigenvalue weighted by Gasteiger charge is -2.22. The number of carbonyl (C=O) groups excluding carboxylic acids is 7. The van der Waals surface area contributed by atoms with Gasteiger partial charge in [-0.3, -0.25) is 34.8 Å². The number of hydrogen-bond donors (Lipinski definition) is 5. The van der Waals surface area contributed by atoms with E-state index in [1.807, 2.05) is 30.3 Å². The summed E-state index contributed by atoms with van der Waals surface area (Å²) in [6.45, 7) is -0.432. The molecule has 1 heterocycles. The number of amides is 5. The second-order valence-corrected chi connectivity index (χ2v) is 16.4. The molecule has 5 N–H and O–H groups in total. The van der Waals surface area contributed by atoms with Gasteiger partial charge in [0, 0.05) is 18.2 Å². The molecule has 366 valence electrons. The summed E-state index contributed by atoms with van der Waals surface area (Å²) in [5.41, 5.74) is 3.86. The van der Waals surface area contributed by atoms with E-state index in [1.165, 1.54) is 5.38 Å². The SMILES string of the molecule is O=C(CCN=C(NC(=O)OCc1ccccc1)NC(=O)OCc1ccccc1)Nc1nc(CC(=O)N[C@@H](CC(=O)OCc2ccccc2)C(=O)N[C@@H](Cc2ccccc2)C(=O)OCc2ccccc2)cs1. The maximum absolute atomic E-state index is 14.0. The molecule has 0 aliphatic heterocycles. The van der Waals surface area contributed by atoms with E-state index in [0.29, 0.717) is 5.56 Å². The van der Waals surface area contributed by atoms with Gasteiger partial charge in [-0.25, -0.2) is 19.4 Å². The Morgan fingerprint density at radius 3 is 1.51 bits per heavy atom. The van der Waals surface area contributed by atoms with Gasteiger partial charge in [-0.1, -0.05) is 152 Å². The summed E-state index contributed by atoms with van der Waals surface area (Å²) < 4.78 is 21.5. The first-order chi connectivity index (χ1) is 34.5. The predicted octanol–water partition coefficient (Wildman–Crippen LogP) is 6.31. The number of nitrogens with one attached hydrogen (secondary N) is 5. The molecule has 0 bridgehead atoms. The van der Waals surface area contributed by atoms with Gasteiger partial charge in [0.1, 0.15) is 38.5 Å². The Bertz CT molecular complexity index is 2650. The van der Waals surface area contributed by atoms with Crippen LogP contribution in [-0.2, 0) is 82.2 Å². The number of guanidine groups is 1. The van der Waals surface area contributed by atoms with Crippen LogP contribution < -0.4 is 26.6 Å². The molecule has 0 aliphatic carbocycles. The van der Waals surface area contributed by atoms with Gasteiger partial charge in [-0.2, -0.15) is 0 Å². The van der Waals surface area contributed by atoms with Crippen molar-refractivity contribution in [3.05, 3.63) is 191 Å². The molecular weight excluding hydrogens is 931 g/mol. The molecular formula is C52H51N7O11S. The van der Waals surface area contributed by atoms with Crippen LogP contribution in [0.25, 0.3) is 0 Å². The van der Waals surface area contributed by atoms with E-state index >= 15 is 0 Å². The van der Waals surface area contributed by atoms with E-state index in [4.69, 9.17) is 18.9 Å². The summed E-state index contributed by atoms with van der Waals surface area (Å²) in [5, 5.41) is 14.3. The lowest BCUT2D eigenvalue weighted by molar-refractivity contribution is -0.150. The Morgan fingerprint density at radius 1 is 0.535 bits per heavy atom. The number of ether oxygens (including phenoxy) is 4. The highest BCUT2D eigenvalue weighted by atomic mass is 32.1. The number of benzene rings is 5. The fourth-order valence-electron chi connectivity index (χ4n) is 6.45. The van der Waals surface area contributed by atoms with Crippen molar-refractivity contribution in [1.29, 1.82) is 0 Å². The van der Waals surface area contributed by atoms with Crippen molar-refractivity contribution < 1.29 is 52.5 Å². The van der Waals surface area contributed by atoms with Crippen molar-refractivity contribution >= 4 is 64.3 Å². The summed E-state index contributed by atoms with van der Waals surface area (Å²) in [6.07, 6.45) is -2.92. The van der Waals surface area contributed by atoms with Crippen LogP contribution in [0, 0.1) is 0 Å². The van der Waals surface area contributed by atoms with Crippen LogP contribution in [0.1, 0.15) is 46.4 Å². The third-order valence-electron chi connectivity index (χ3n) is 9.99. The number of aliphatic imine (C=N–C) groups is 1. The third kappa shape index (κ3) is 19.1. The van der Waals surface area contributed by atoms with Crippen molar-refractivity contribution in [2.45, 2.75) is 64.2 Å². The second kappa shape index (κ2) is 27.9. The fraction of sp³-hybridized carbons (Fsp3) is 0.212. The largest absolute Gasteiger partial charge is 0.461 e. The molecule has 0 aliphatic rings. The molecule has 19 heteroatoms. The van der Waals surface area contributed by atoms with E-state index in [-0.39, 0.29) is 69.0 Å². The van der Waals surface area contributed by atoms with Crippen molar-refractivity contribution in [2.75, 3.05) is 11.9 Å². The zero-order chi connectivity index (χ0) is 50.0. The summed E-state index contributed by atoms with van der Waals surface area (Å²) in [6, 6.07) is 42.1. The Labute approximate surface area is 413 Å². The van der Waals surface area contributed by atoms with Crippen LogP contribution in [-0.4, -0.2) is 71.4 Å². The Hall–Kier alpha value is -8.71. The normalized spacial score (nSPS) is 11.3. The number of thiazole rings is 1. The lowest BCUT2D eigenvalue weighted by atomic mass is 10.0. The van der Waals surface area contributed by atoms with Gasteiger partial charge in [-0.05, 0) is 27.8 Å². The second-order valence-electron chi connectivity index (χ2n) is 15.5. The average Bonchev–Trinajstić information content (AvgIpc) is 3.82. The number of esters is 2. The minimum Gasteiger partial charge on any atom is -0.461 e. The quantitative estimate of drug-likeness (QED) is 0.0218. The van der Waals surface area contributed by atoms with Gasteiger partial charge in [-0.15, -0.1) is 11.3 Å². The lowest BCUT2D eigenvalue weighted by Crippen LogP contribution is -2.53. The first-order valence-corrected chi connectivity index (χ1v) is 23.2. The first-order valence-electron chi connectivity index (χ1n) is 22.3. The monoisotopic (exact) mass is 981 g/mol. The first kappa shape index (κ1) is 51.7. The van der Waals surface area contributed by atoms with Crippen LogP contribution >= 0.6 is 11.3 Å². The molecule has 0 spiro atoms. The molecule has 2 atom stereocenters. The number of nitrogens with zero attached hydrogens (tertiary/aromatic N) is 2. The van der Waals surface area contributed by atoms with Gasteiger partial charge >= 0.3 is 24.1 Å². The van der Waals surface area contributed by atoms with Crippen molar-refractivity contribution in [2.24, 2.45) is 4.99 Å². The van der Waals surface area contributed by atoms with Gasteiger partial charge in [0.05, 0.1) is 25.1 Å². The number of hydrogen-bond acceptors (Lipinski definition) is 14. The van der Waals surface area contributed by atoms with Gasteiger partial charge in [0.15, 0.2) is 5.13 Å². The maximum Gasteiger partial charge on any atom is 0.414 e. The number of rotatable bonds is 22. The van der Waals surface area contributed by atoms with E-state index in [1.54, 1.807) is 121 Å². The van der Waals surface area contributed by atoms with E-state index in [0.717, 1.165) is 33.6 Å². The topological polar surface area (TPSA) is 242 Å². The number of anilines is 1. The summed E-state index contributed by atoms with van der Waals surface area (Å²) >= 11 is 1.03. The molecule has 5 aromatic carbocycles. The molecule has 1 aromatic heterocycles. The van der Waals surface area contributed by atoms with Crippen LogP contribution in [0.5, 0.6) is 0 Å². The molecule has 5 amide bonds. The molecule has 0 saturated heterocycles.